The van der Waals surface area contributed by atoms with Gasteiger partial charge in [0.2, 0.25) is 5.91 Å². The minimum Gasteiger partial charge on any atom is -0.486 e. The van der Waals surface area contributed by atoms with Gasteiger partial charge in [0.25, 0.3) is 0 Å². The maximum absolute atomic E-state index is 11.7. The summed E-state index contributed by atoms with van der Waals surface area (Å²) in [4.78, 5) is 11.7. The molecule has 0 unspecified atom stereocenters. The van der Waals surface area contributed by atoms with Gasteiger partial charge < -0.3 is 14.8 Å². The van der Waals surface area contributed by atoms with Crippen LogP contribution < -0.4 is 14.8 Å². The Balaban J connectivity index is 2.14. The molecule has 1 N–H and O–H groups in total. The zero-order chi connectivity index (χ0) is 13.1. The molecule has 0 spiro atoms. The van der Waals surface area contributed by atoms with Crippen molar-refractivity contribution in [3.63, 3.8) is 0 Å². The van der Waals surface area contributed by atoms with E-state index in [9.17, 15) is 4.79 Å². The fourth-order valence-corrected chi connectivity index (χ4v) is 2.11. The Morgan fingerprint density at radius 2 is 2.11 bits per heavy atom. The molecular formula is C13H16ClNO3. The van der Waals surface area contributed by atoms with Gasteiger partial charge in [0.15, 0.2) is 11.5 Å². The third-order valence-corrected chi connectivity index (χ3v) is 2.75. The van der Waals surface area contributed by atoms with Crippen LogP contribution in [0.3, 0.4) is 0 Å². The highest BCUT2D eigenvalue weighted by molar-refractivity contribution is 6.32. The highest BCUT2D eigenvalue weighted by Crippen LogP contribution is 2.38. The van der Waals surface area contributed by atoms with Gasteiger partial charge >= 0.3 is 0 Å². The summed E-state index contributed by atoms with van der Waals surface area (Å²) in [6, 6.07) is 3.68. The van der Waals surface area contributed by atoms with Gasteiger partial charge in [-0.2, -0.15) is 0 Å². The van der Waals surface area contributed by atoms with E-state index in [1.165, 1.54) is 0 Å². The fraction of sp³-hybridized carbons (Fsp3) is 0.462. The van der Waals surface area contributed by atoms with E-state index in [-0.39, 0.29) is 18.4 Å². The van der Waals surface area contributed by atoms with Crippen molar-refractivity contribution < 1.29 is 14.3 Å². The van der Waals surface area contributed by atoms with Gasteiger partial charge in [0, 0.05) is 6.04 Å². The van der Waals surface area contributed by atoms with Gasteiger partial charge in [-0.15, -0.1) is 0 Å². The monoisotopic (exact) mass is 269 g/mol. The van der Waals surface area contributed by atoms with Gasteiger partial charge in [0.1, 0.15) is 13.2 Å². The van der Waals surface area contributed by atoms with Crippen LogP contribution in [0.4, 0.5) is 0 Å². The predicted octanol–water partition coefficient (Wildman–Crippen LogP) is 2.18. The maximum Gasteiger partial charge on any atom is 0.224 e. The third-order valence-electron chi connectivity index (χ3n) is 2.47. The van der Waals surface area contributed by atoms with Crippen LogP contribution in [-0.2, 0) is 11.2 Å². The van der Waals surface area contributed by atoms with Crippen molar-refractivity contribution in [2.24, 2.45) is 0 Å². The van der Waals surface area contributed by atoms with Crippen molar-refractivity contribution >= 4 is 17.5 Å². The summed E-state index contributed by atoms with van der Waals surface area (Å²) in [7, 11) is 0. The summed E-state index contributed by atoms with van der Waals surface area (Å²) in [5, 5.41) is 3.32. The lowest BCUT2D eigenvalue weighted by atomic mass is 10.1. The molecule has 98 valence electrons. The van der Waals surface area contributed by atoms with Crippen molar-refractivity contribution in [2.45, 2.75) is 26.3 Å². The van der Waals surface area contributed by atoms with Crippen LogP contribution in [0.1, 0.15) is 19.4 Å². The average molecular weight is 270 g/mol. The molecule has 1 amide bonds. The number of amides is 1. The van der Waals surface area contributed by atoms with Crippen LogP contribution in [0, 0.1) is 0 Å². The number of hydrogen-bond donors (Lipinski definition) is 1. The van der Waals surface area contributed by atoms with Gasteiger partial charge in [0.05, 0.1) is 11.4 Å². The van der Waals surface area contributed by atoms with Crippen molar-refractivity contribution in [2.75, 3.05) is 13.2 Å². The highest BCUT2D eigenvalue weighted by Gasteiger charge is 2.17. The minimum atomic E-state index is -0.0299. The van der Waals surface area contributed by atoms with Crippen LogP contribution in [0.25, 0.3) is 0 Å². The normalized spacial score (nSPS) is 13.6. The van der Waals surface area contributed by atoms with Crippen molar-refractivity contribution in [3.8, 4) is 11.5 Å². The van der Waals surface area contributed by atoms with E-state index in [0.29, 0.717) is 29.7 Å². The zero-order valence-electron chi connectivity index (χ0n) is 10.5. The molecule has 0 fully saturated rings. The fourth-order valence-electron chi connectivity index (χ4n) is 1.82. The largest absolute Gasteiger partial charge is 0.486 e. The molecular weight excluding hydrogens is 254 g/mol. The summed E-state index contributed by atoms with van der Waals surface area (Å²) in [5.74, 6) is 1.15. The summed E-state index contributed by atoms with van der Waals surface area (Å²) >= 11 is 6.10. The van der Waals surface area contributed by atoms with Gasteiger partial charge in [-0.05, 0) is 31.5 Å². The molecule has 0 bridgehead atoms. The number of carbonyl (C=O) groups is 1. The lowest BCUT2D eigenvalue weighted by Gasteiger charge is -2.20. The topological polar surface area (TPSA) is 47.6 Å². The Bertz CT molecular complexity index is 460. The van der Waals surface area contributed by atoms with Crippen LogP contribution in [0.15, 0.2) is 12.1 Å². The van der Waals surface area contributed by atoms with Crippen molar-refractivity contribution in [3.05, 3.63) is 22.7 Å². The lowest BCUT2D eigenvalue weighted by molar-refractivity contribution is -0.120. The molecule has 5 heteroatoms. The number of nitrogens with one attached hydrogen (secondary N) is 1. The van der Waals surface area contributed by atoms with E-state index in [2.05, 4.69) is 5.32 Å². The van der Waals surface area contributed by atoms with Crippen LogP contribution in [0.5, 0.6) is 11.5 Å². The molecule has 2 rings (SSSR count). The first-order valence-corrected chi connectivity index (χ1v) is 6.31. The van der Waals surface area contributed by atoms with Gasteiger partial charge in [-0.25, -0.2) is 0 Å². The Labute approximate surface area is 111 Å². The zero-order valence-corrected chi connectivity index (χ0v) is 11.2. The van der Waals surface area contributed by atoms with Crippen molar-refractivity contribution in [1.82, 2.24) is 5.32 Å². The molecule has 0 saturated carbocycles. The minimum absolute atomic E-state index is 0.0299. The Hall–Kier alpha value is -1.42. The van der Waals surface area contributed by atoms with Crippen LogP contribution in [-0.4, -0.2) is 25.2 Å². The SMILES string of the molecule is CC(C)NC(=O)Cc1cc(Cl)c2c(c1)OCCO2. The van der Waals surface area contributed by atoms with E-state index in [1.807, 2.05) is 13.8 Å². The molecule has 1 heterocycles. The number of rotatable bonds is 3. The third kappa shape index (κ3) is 3.07. The molecule has 0 saturated heterocycles. The molecule has 0 aliphatic carbocycles. The summed E-state index contributed by atoms with van der Waals surface area (Å²) in [5.41, 5.74) is 0.822. The first-order valence-electron chi connectivity index (χ1n) is 5.93. The molecule has 18 heavy (non-hydrogen) atoms. The van der Waals surface area contributed by atoms with Gasteiger partial charge in [-0.1, -0.05) is 11.6 Å². The van der Waals surface area contributed by atoms with E-state index < -0.39 is 0 Å². The maximum atomic E-state index is 11.7. The molecule has 1 aromatic rings. The van der Waals surface area contributed by atoms with Gasteiger partial charge in [-0.3, -0.25) is 4.79 Å². The average Bonchev–Trinajstić information content (AvgIpc) is 2.27. The second-order valence-corrected chi connectivity index (χ2v) is 4.91. The Morgan fingerprint density at radius 1 is 1.39 bits per heavy atom. The second-order valence-electron chi connectivity index (χ2n) is 4.50. The van der Waals surface area contributed by atoms with Crippen molar-refractivity contribution in [1.29, 1.82) is 0 Å². The number of benzene rings is 1. The number of halogens is 1. The highest BCUT2D eigenvalue weighted by atomic mass is 35.5. The predicted molar refractivity (Wildman–Crippen MR) is 69.4 cm³/mol. The number of ether oxygens (including phenoxy) is 2. The Morgan fingerprint density at radius 3 is 2.83 bits per heavy atom. The molecule has 0 atom stereocenters. The molecule has 0 radical (unpaired) electrons. The molecule has 0 aromatic heterocycles. The number of hydrogen-bond acceptors (Lipinski definition) is 3. The molecule has 1 aliphatic heterocycles. The Kier molecular flexibility index (Phi) is 3.97. The van der Waals surface area contributed by atoms with Crippen LogP contribution >= 0.6 is 11.6 Å². The quantitative estimate of drug-likeness (QED) is 0.915. The first kappa shape index (κ1) is 13.0. The molecule has 1 aromatic carbocycles. The van der Waals surface area contributed by atoms with E-state index in [4.69, 9.17) is 21.1 Å². The van der Waals surface area contributed by atoms with E-state index in [1.54, 1.807) is 12.1 Å². The summed E-state index contributed by atoms with van der Waals surface area (Å²) in [6.45, 7) is 4.86. The van der Waals surface area contributed by atoms with E-state index >= 15 is 0 Å². The van der Waals surface area contributed by atoms with Crippen LogP contribution in [0.2, 0.25) is 5.02 Å². The second kappa shape index (κ2) is 5.48. The molecule has 4 nitrogen and oxygen atoms in total. The smallest absolute Gasteiger partial charge is 0.224 e. The van der Waals surface area contributed by atoms with E-state index in [0.717, 1.165) is 5.56 Å². The first-order chi connectivity index (χ1) is 8.56. The summed E-state index contributed by atoms with van der Waals surface area (Å²) < 4.78 is 10.9. The lowest BCUT2D eigenvalue weighted by Crippen LogP contribution is -2.31. The summed E-state index contributed by atoms with van der Waals surface area (Å²) in [6.07, 6.45) is 0.286. The standard InChI is InChI=1S/C13H16ClNO3/c1-8(2)15-12(16)7-9-5-10(14)13-11(6-9)17-3-4-18-13/h5-6,8H,3-4,7H2,1-2H3,(H,15,16). The molecule has 1 aliphatic rings. The number of carbonyl (C=O) groups excluding carboxylic acids is 1. The number of fused-ring (bicyclic) bond motifs is 1.